The Bertz CT molecular complexity index is 702. The fraction of sp³-hybridized carbons (Fsp3) is 0.0667. The lowest BCUT2D eigenvalue weighted by molar-refractivity contribution is 0.100. The topological polar surface area (TPSA) is 84.2 Å². The SMILES string of the molecule is NCC(=O)c1ccc(NC(=O)Nc2ccc(Cl)c(Cl)c2)cc1. The maximum absolute atomic E-state index is 11.9. The third-order valence-electron chi connectivity index (χ3n) is 2.83. The lowest BCUT2D eigenvalue weighted by atomic mass is 10.1. The van der Waals surface area contributed by atoms with Crippen LogP contribution in [0.5, 0.6) is 0 Å². The highest BCUT2D eigenvalue weighted by Crippen LogP contribution is 2.25. The Balaban J connectivity index is 1.99. The van der Waals surface area contributed by atoms with Crippen LogP contribution < -0.4 is 16.4 Å². The third-order valence-corrected chi connectivity index (χ3v) is 3.57. The van der Waals surface area contributed by atoms with Gasteiger partial charge in [-0.2, -0.15) is 0 Å². The first-order valence-corrected chi connectivity index (χ1v) is 7.11. The van der Waals surface area contributed by atoms with E-state index in [-0.39, 0.29) is 12.3 Å². The number of Topliss-reactive ketones (excluding diaryl/α,β-unsaturated/α-hetero) is 1. The molecule has 0 aliphatic heterocycles. The number of rotatable bonds is 4. The van der Waals surface area contributed by atoms with Crippen LogP contribution in [0, 0.1) is 0 Å². The molecule has 0 aliphatic rings. The largest absolute Gasteiger partial charge is 0.324 e. The van der Waals surface area contributed by atoms with Crippen LogP contribution in [0.2, 0.25) is 10.0 Å². The highest BCUT2D eigenvalue weighted by Gasteiger charge is 2.06. The molecule has 4 N–H and O–H groups in total. The van der Waals surface area contributed by atoms with Gasteiger partial charge in [-0.05, 0) is 42.5 Å². The number of carbonyl (C=O) groups excluding carboxylic acids is 2. The van der Waals surface area contributed by atoms with Gasteiger partial charge in [0, 0.05) is 16.9 Å². The van der Waals surface area contributed by atoms with Crippen molar-refractivity contribution < 1.29 is 9.59 Å². The summed E-state index contributed by atoms with van der Waals surface area (Å²) in [6.07, 6.45) is 0. The molecule has 2 aromatic carbocycles. The number of halogens is 2. The standard InChI is InChI=1S/C15H13Cl2N3O2/c16-12-6-5-11(7-13(12)17)20-15(22)19-10-3-1-9(2-4-10)14(21)8-18/h1-7H,8,18H2,(H2,19,20,22). The molecule has 0 fully saturated rings. The van der Waals surface area contributed by atoms with Gasteiger partial charge >= 0.3 is 6.03 Å². The molecule has 2 amide bonds. The fourth-order valence-electron chi connectivity index (χ4n) is 1.72. The highest BCUT2D eigenvalue weighted by molar-refractivity contribution is 6.42. The van der Waals surface area contributed by atoms with Crippen molar-refractivity contribution in [3.63, 3.8) is 0 Å². The molecule has 0 atom stereocenters. The van der Waals surface area contributed by atoms with Gasteiger partial charge in [0.1, 0.15) is 0 Å². The van der Waals surface area contributed by atoms with E-state index in [0.717, 1.165) is 0 Å². The first-order valence-electron chi connectivity index (χ1n) is 6.36. The van der Waals surface area contributed by atoms with E-state index >= 15 is 0 Å². The van der Waals surface area contributed by atoms with E-state index in [4.69, 9.17) is 28.9 Å². The quantitative estimate of drug-likeness (QED) is 0.742. The monoisotopic (exact) mass is 337 g/mol. The zero-order valence-corrected chi connectivity index (χ0v) is 12.9. The van der Waals surface area contributed by atoms with Crippen LogP contribution in [0.3, 0.4) is 0 Å². The van der Waals surface area contributed by atoms with Gasteiger partial charge in [0.2, 0.25) is 0 Å². The van der Waals surface area contributed by atoms with Crippen molar-refractivity contribution >= 4 is 46.4 Å². The van der Waals surface area contributed by atoms with Gasteiger partial charge in [0.05, 0.1) is 16.6 Å². The van der Waals surface area contributed by atoms with Crippen molar-refractivity contribution in [2.75, 3.05) is 17.2 Å². The summed E-state index contributed by atoms with van der Waals surface area (Å²) < 4.78 is 0. The summed E-state index contributed by atoms with van der Waals surface area (Å²) >= 11 is 11.7. The molecular weight excluding hydrogens is 325 g/mol. The number of hydrogen-bond acceptors (Lipinski definition) is 3. The molecule has 0 radical (unpaired) electrons. The Morgan fingerprint density at radius 1 is 0.909 bits per heavy atom. The molecular formula is C15H13Cl2N3O2. The number of anilines is 2. The lowest BCUT2D eigenvalue weighted by Crippen LogP contribution is -2.19. The number of amides is 2. The van der Waals surface area contributed by atoms with Gasteiger partial charge in [-0.3, -0.25) is 4.79 Å². The first-order chi connectivity index (χ1) is 10.5. The molecule has 0 heterocycles. The Labute approximate surface area is 137 Å². The molecule has 2 rings (SSSR count). The Morgan fingerprint density at radius 2 is 1.50 bits per heavy atom. The van der Waals surface area contributed by atoms with E-state index in [2.05, 4.69) is 10.6 Å². The summed E-state index contributed by atoms with van der Waals surface area (Å²) in [4.78, 5) is 23.3. The summed E-state index contributed by atoms with van der Waals surface area (Å²) in [6.45, 7) is -0.0510. The zero-order valence-electron chi connectivity index (χ0n) is 11.4. The second-order valence-electron chi connectivity index (χ2n) is 4.41. The van der Waals surface area contributed by atoms with Gasteiger partial charge in [-0.25, -0.2) is 4.79 Å². The summed E-state index contributed by atoms with van der Waals surface area (Å²) in [7, 11) is 0. The van der Waals surface area contributed by atoms with Crippen molar-refractivity contribution in [1.29, 1.82) is 0 Å². The molecule has 0 unspecified atom stereocenters. The smallest absolute Gasteiger partial charge is 0.323 e. The number of nitrogens with one attached hydrogen (secondary N) is 2. The first kappa shape index (κ1) is 16.3. The van der Waals surface area contributed by atoms with Crippen molar-refractivity contribution in [2.24, 2.45) is 5.73 Å². The average Bonchev–Trinajstić information content (AvgIpc) is 2.51. The van der Waals surface area contributed by atoms with Gasteiger partial charge in [-0.1, -0.05) is 23.2 Å². The minimum absolute atomic E-state index is 0.0510. The summed E-state index contributed by atoms with van der Waals surface area (Å²) in [5.74, 6) is -0.160. The maximum Gasteiger partial charge on any atom is 0.323 e. The lowest BCUT2D eigenvalue weighted by Gasteiger charge is -2.09. The van der Waals surface area contributed by atoms with Gasteiger partial charge in [0.25, 0.3) is 0 Å². The number of nitrogens with two attached hydrogens (primary N) is 1. The number of ketones is 1. The molecule has 7 heteroatoms. The highest BCUT2D eigenvalue weighted by atomic mass is 35.5. The van der Waals surface area contributed by atoms with Gasteiger partial charge in [-0.15, -0.1) is 0 Å². The fourth-order valence-corrected chi connectivity index (χ4v) is 2.02. The predicted octanol–water partition coefficient (Wildman–Crippen LogP) is 3.78. The van der Waals surface area contributed by atoms with Crippen LogP contribution in [0.15, 0.2) is 42.5 Å². The number of hydrogen-bond donors (Lipinski definition) is 3. The number of carbonyl (C=O) groups is 2. The summed E-state index contributed by atoms with van der Waals surface area (Å²) in [5, 5.41) is 6.03. The van der Waals surface area contributed by atoms with Crippen LogP contribution in [0.25, 0.3) is 0 Å². The second-order valence-corrected chi connectivity index (χ2v) is 5.23. The zero-order chi connectivity index (χ0) is 16.1. The normalized spacial score (nSPS) is 10.1. The Hall–Kier alpha value is -2.08. The van der Waals surface area contributed by atoms with E-state index in [1.807, 2.05) is 0 Å². The minimum Gasteiger partial charge on any atom is -0.324 e. The number of urea groups is 1. The molecule has 0 aromatic heterocycles. The molecule has 0 bridgehead atoms. The summed E-state index contributed by atoms with van der Waals surface area (Å²) in [5.41, 5.74) is 6.84. The van der Waals surface area contributed by atoms with Crippen molar-refractivity contribution in [3.05, 3.63) is 58.1 Å². The van der Waals surface area contributed by atoms with E-state index in [1.165, 1.54) is 0 Å². The van der Waals surface area contributed by atoms with E-state index in [0.29, 0.717) is 27.0 Å². The minimum atomic E-state index is -0.434. The van der Waals surface area contributed by atoms with Crippen LogP contribution in [0.4, 0.5) is 16.2 Å². The van der Waals surface area contributed by atoms with Gasteiger partial charge < -0.3 is 16.4 Å². The van der Waals surface area contributed by atoms with Crippen LogP contribution in [-0.4, -0.2) is 18.4 Å². The summed E-state index contributed by atoms with van der Waals surface area (Å²) in [6, 6.07) is 10.8. The van der Waals surface area contributed by atoms with Crippen molar-refractivity contribution in [1.82, 2.24) is 0 Å². The molecule has 114 valence electrons. The van der Waals surface area contributed by atoms with E-state index < -0.39 is 6.03 Å². The molecule has 5 nitrogen and oxygen atoms in total. The molecule has 0 spiro atoms. The second kappa shape index (κ2) is 7.26. The van der Waals surface area contributed by atoms with Crippen LogP contribution >= 0.6 is 23.2 Å². The van der Waals surface area contributed by atoms with Gasteiger partial charge in [0.15, 0.2) is 5.78 Å². The van der Waals surface area contributed by atoms with Crippen LogP contribution in [-0.2, 0) is 0 Å². The third kappa shape index (κ3) is 4.21. The van der Waals surface area contributed by atoms with Crippen molar-refractivity contribution in [2.45, 2.75) is 0 Å². The number of benzene rings is 2. The average molecular weight is 338 g/mol. The molecule has 2 aromatic rings. The molecule has 0 saturated heterocycles. The van der Waals surface area contributed by atoms with Crippen LogP contribution in [0.1, 0.15) is 10.4 Å². The molecule has 22 heavy (non-hydrogen) atoms. The van der Waals surface area contributed by atoms with E-state index in [9.17, 15) is 9.59 Å². The predicted molar refractivity (Wildman–Crippen MR) is 88.9 cm³/mol. The molecule has 0 saturated carbocycles. The maximum atomic E-state index is 11.9. The van der Waals surface area contributed by atoms with E-state index in [1.54, 1.807) is 42.5 Å². The van der Waals surface area contributed by atoms with Crippen molar-refractivity contribution in [3.8, 4) is 0 Å². The Kier molecular flexibility index (Phi) is 5.38. The molecule has 0 aliphatic carbocycles. The Morgan fingerprint density at radius 3 is 2.09 bits per heavy atom.